The zero-order valence-corrected chi connectivity index (χ0v) is 12.2. The number of carbonyl (C=O) groups is 1. The standard InChI is InChI=1S/C14H14N6O2/c1-18(10-6-4-3-5-7-10)11(21)8-20-9-15-13-12(14(20)22)16-17-19(13)2/h3-7,9H,8H2,1-2H3. The van der Waals surface area contributed by atoms with E-state index in [-0.39, 0.29) is 23.5 Å². The molecule has 0 atom stereocenters. The van der Waals surface area contributed by atoms with E-state index in [0.29, 0.717) is 5.65 Å². The van der Waals surface area contributed by atoms with Gasteiger partial charge in [-0.3, -0.25) is 14.2 Å². The second-order valence-electron chi connectivity index (χ2n) is 4.85. The molecule has 8 heteroatoms. The monoisotopic (exact) mass is 298 g/mol. The predicted octanol–water partition coefficient (Wildman–Crippen LogP) is 0.188. The quantitative estimate of drug-likeness (QED) is 0.689. The Kier molecular flexibility index (Phi) is 3.42. The van der Waals surface area contributed by atoms with Gasteiger partial charge in [0.2, 0.25) is 5.91 Å². The SMILES string of the molecule is CN(C(=O)Cn1cnc2c(nnn2C)c1=O)c1ccccc1. The van der Waals surface area contributed by atoms with E-state index in [1.165, 1.54) is 20.5 Å². The van der Waals surface area contributed by atoms with Gasteiger partial charge < -0.3 is 4.90 Å². The van der Waals surface area contributed by atoms with E-state index >= 15 is 0 Å². The third kappa shape index (κ3) is 2.34. The number of benzene rings is 1. The molecule has 0 aliphatic heterocycles. The first-order valence-corrected chi connectivity index (χ1v) is 6.64. The van der Waals surface area contributed by atoms with Gasteiger partial charge in [-0.2, -0.15) is 0 Å². The van der Waals surface area contributed by atoms with Crippen molar-refractivity contribution in [2.45, 2.75) is 6.54 Å². The molecule has 2 aromatic heterocycles. The number of rotatable bonds is 3. The summed E-state index contributed by atoms with van der Waals surface area (Å²) in [5, 5.41) is 7.54. The van der Waals surface area contributed by atoms with Crippen molar-refractivity contribution in [2.75, 3.05) is 11.9 Å². The van der Waals surface area contributed by atoms with Crippen LogP contribution in [0.2, 0.25) is 0 Å². The number of nitrogens with zero attached hydrogens (tertiary/aromatic N) is 6. The molecule has 8 nitrogen and oxygen atoms in total. The molecule has 2 heterocycles. The lowest BCUT2D eigenvalue weighted by molar-refractivity contribution is -0.118. The van der Waals surface area contributed by atoms with Crippen LogP contribution in [0.3, 0.4) is 0 Å². The van der Waals surface area contributed by atoms with Crippen LogP contribution in [-0.2, 0) is 18.4 Å². The van der Waals surface area contributed by atoms with Gasteiger partial charge in [-0.25, -0.2) is 9.67 Å². The fourth-order valence-electron chi connectivity index (χ4n) is 2.11. The zero-order valence-electron chi connectivity index (χ0n) is 12.2. The maximum absolute atomic E-state index is 12.3. The van der Waals surface area contributed by atoms with E-state index in [4.69, 9.17) is 0 Å². The topological polar surface area (TPSA) is 85.9 Å². The maximum atomic E-state index is 12.3. The lowest BCUT2D eigenvalue weighted by Gasteiger charge is -2.17. The molecular formula is C14H14N6O2. The number of fused-ring (bicyclic) bond motifs is 1. The number of hydrogen-bond donors (Lipinski definition) is 0. The number of aryl methyl sites for hydroxylation is 1. The lowest BCUT2D eigenvalue weighted by Crippen LogP contribution is -2.34. The van der Waals surface area contributed by atoms with Gasteiger partial charge in [0.05, 0.1) is 0 Å². The van der Waals surface area contributed by atoms with Crippen LogP contribution in [0.15, 0.2) is 41.5 Å². The van der Waals surface area contributed by atoms with Crippen molar-refractivity contribution in [2.24, 2.45) is 7.05 Å². The lowest BCUT2D eigenvalue weighted by atomic mass is 10.3. The molecule has 1 aromatic carbocycles. The molecule has 112 valence electrons. The van der Waals surface area contributed by atoms with Gasteiger partial charge in [-0.1, -0.05) is 23.4 Å². The first-order chi connectivity index (χ1) is 10.6. The molecule has 0 bridgehead atoms. The van der Waals surface area contributed by atoms with Crippen molar-refractivity contribution >= 4 is 22.8 Å². The van der Waals surface area contributed by atoms with E-state index < -0.39 is 0 Å². The van der Waals surface area contributed by atoms with Crippen LogP contribution in [0.5, 0.6) is 0 Å². The minimum atomic E-state index is -0.382. The molecule has 0 aliphatic carbocycles. The Bertz CT molecular complexity index is 883. The Balaban J connectivity index is 1.88. The molecule has 3 rings (SSSR count). The van der Waals surface area contributed by atoms with E-state index in [2.05, 4.69) is 15.3 Å². The van der Waals surface area contributed by atoms with Crippen LogP contribution in [0, 0.1) is 0 Å². The van der Waals surface area contributed by atoms with Gasteiger partial charge in [-0.15, -0.1) is 5.10 Å². The van der Waals surface area contributed by atoms with Crippen LogP contribution in [0.1, 0.15) is 0 Å². The van der Waals surface area contributed by atoms with Crippen LogP contribution < -0.4 is 10.5 Å². The summed E-state index contributed by atoms with van der Waals surface area (Å²) in [6.45, 7) is -0.107. The Morgan fingerprint density at radius 1 is 1.27 bits per heavy atom. The number of carbonyl (C=O) groups excluding carboxylic acids is 1. The number of amides is 1. The summed E-state index contributed by atoms with van der Waals surface area (Å²) in [5.74, 6) is -0.224. The molecule has 0 N–H and O–H groups in total. The average Bonchev–Trinajstić information content (AvgIpc) is 2.92. The van der Waals surface area contributed by atoms with E-state index in [9.17, 15) is 9.59 Å². The van der Waals surface area contributed by atoms with Crippen molar-refractivity contribution in [1.82, 2.24) is 24.5 Å². The fourth-order valence-corrected chi connectivity index (χ4v) is 2.11. The highest BCUT2D eigenvalue weighted by Gasteiger charge is 2.15. The van der Waals surface area contributed by atoms with E-state index in [1.54, 1.807) is 14.1 Å². The molecule has 3 aromatic rings. The summed E-state index contributed by atoms with van der Waals surface area (Å²) >= 11 is 0. The van der Waals surface area contributed by atoms with Crippen LogP contribution in [-0.4, -0.2) is 37.5 Å². The van der Waals surface area contributed by atoms with E-state index in [0.717, 1.165) is 5.69 Å². The molecule has 22 heavy (non-hydrogen) atoms. The maximum Gasteiger partial charge on any atom is 0.283 e. The van der Waals surface area contributed by atoms with Crippen molar-refractivity contribution in [3.63, 3.8) is 0 Å². The Morgan fingerprint density at radius 3 is 2.73 bits per heavy atom. The second-order valence-corrected chi connectivity index (χ2v) is 4.85. The molecular weight excluding hydrogens is 284 g/mol. The first kappa shape index (κ1) is 13.9. The molecule has 0 fully saturated rings. The number of aromatic nitrogens is 5. The Morgan fingerprint density at radius 2 is 2.00 bits per heavy atom. The third-order valence-electron chi connectivity index (χ3n) is 3.40. The summed E-state index contributed by atoms with van der Waals surface area (Å²) in [6.07, 6.45) is 1.34. The van der Waals surface area contributed by atoms with Crippen molar-refractivity contribution < 1.29 is 4.79 Å². The second kappa shape index (κ2) is 5.40. The van der Waals surface area contributed by atoms with Crippen molar-refractivity contribution in [3.8, 4) is 0 Å². The summed E-state index contributed by atoms with van der Waals surface area (Å²) < 4.78 is 2.65. The average molecular weight is 298 g/mol. The largest absolute Gasteiger partial charge is 0.314 e. The number of para-hydroxylation sites is 1. The van der Waals surface area contributed by atoms with Gasteiger partial charge in [-0.05, 0) is 12.1 Å². The van der Waals surface area contributed by atoms with Crippen molar-refractivity contribution in [3.05, 3.63) is 47.0 Å². The molecule has 0 radical (unpaired) electrons. The highest BCUT2D eigenvalue weighted by atomic mass is 16.2. The van der Waals surface area contributed by atoms with Gasteiger partial charge >= 0.3 is 0 Å². The summed E-state index contributed by atoms with van der Waals surface area (Å²) in [5.41, 5.74) is 0.923. The molecule has 0 aliphatic rings. The predicted molar refractivity (Wildman–Crippen MR) is 80.4 cm³/mol. The molecule has 0 saturated carbocycles. The summed E-state index contributed by atoms with van der Waals surface area (Å²) in [6, 6.07) is 9.21. The number of anilines is 1. The van der Waals surface area contributed by atoms with Gasteiger partial charge in [0.15, 0.2) is 11.2 Å². The Hall–Kier alpha value is -3.03. The summed E-state index contributed by atoms with van der Waals surface area (Å²) in [4.78, 5) is 30.2. The minimum Gasteiger partial charge on any atom is -0.314 e. The van der Waals surface area contributed by atoms with Crippen molar-refractivity contribution in [1.29, 1.82) is 0 Å². The minimum absolute atomic E-state index is 0.107. The first-order valence-electron chi connectivity index (χ1n) is 6.64. The highest BCUT2D eigenvalue weighted by Crippen LogP contribution is 2.11. The third-order valence-corrected chi connectivity index (χ3v) is 3.40. The molecule has 1 amide bonds. The smallest absolute Gasteiger partial charge is 0.283 e. The molecule has 0 unspecified atom stereocenters. The molecule has 0 spiro atoms. The van der Waals surface area contributed by atoms with Gasteiger partial charge in [0.25, 0.3) is 5.56 Å². The van der Waals surface area contributed by atoms with Crippen LogP contribution in [0.25, 0.3) is 11.2 Å². The van der Waals surface area contributed by atoms with Gasteiger partial charge in [0, 0.05) is 19.8 Å². The number of hydrogen-bond acceptors (Lipinski definition) is 5. The fraction of sp³-hybridized carbons (Fsp3) is 0.214. The normalized spacial score (nSPS) is 10.8. The zero-order chi connectivity index (χ0) is 15.7. The van der Waals surface area contributed by atoms with E-state index in [1.807, 2.05) is 30.3 Å². The van der Waals surface area contributed by atoms with Crippen LogP contribution in [0.4, 0.5) is 5.69 Å². The summed E-state index contributed by atoms with van der Waals surface area (Å²) in [7, 11) is 3.32. The molecule has 0 saturated heterocycles. The number of likely N-dealkylation sites (N-methyl/N-ethyl adjacent to an activating group) is 1. The van der Waals surface area contributed by atoms with Crippen LogP contribution >= 0.6 is 0 Å². The van der Waals surface area contributed by atoms with Gasteiger partial charge in [0.1, 0.15) is 12.9 Å². The highest BCUT2D eigenvalue weighted by molar-refractivity contribution is 5.92. The Labute approximate surface area is 125 Å².